The van der Waals surface area contributed by atoms with Gasteiger partial charge in [-0.25, -0.2) is 0 Å². The van der Waals surface area contributed by atoms with Crippen LogP contribution in [0.1, 0.15) is 31.9 Å². The molecule has 0 saturated carbocycles. The molecular weight excluding hydrogens is 457 g/mol. The molecule has 0 spiro atoms. The first-order chi connectivity index (χ1) is 14.8. The number of hydrogen-bond acceptors (Lipinski definition) is 5. The van der Waals surface area contributed by atoms with Crippen molar-refractivity contribution in [3.05, 3.63) is 62.5 Å². The fourth-order valence-electron chi connectivity index (χ4n) is 2.87. The highest BCUT2D eigenvalue weighted by Crippen LogP contribution is 2.36. The monoisotopic (exact) mass is 479 g/mol. The molecule has 0 aromatic heterocycles. The van der Waals surface area contributed by atoms with E-state index in [-0.39, 0.29) is 17.7 Å². The molecule has 0 aliphatic carbocycles. The molecule has 0 bridgehead atoms. The Kier molecular flexibility index (Phi) is 7.92. The highest BCUT2D eigenvalue weighted by molar-refractivity contribution is 8.18. The third kappa shape index (κ3) is 5.97. The number of carbonyl (C=O) groups is 2. The number of hydrogen-bond donors (Lipinski definition) is 0. The van der Waals surface area contributed by atoms with E-state index in [2.05, 4.69) is 13.8 Å². The second-order valence-corrected chi connectivity index (χ2v) is 9.18. The summed E-state index contributed by atoms with van der Waals surface area (Å²) in [6, 6.07) is 10.4. The fraction of sp³-hybridized carbons (Fsp3) is 0.304. The van der Waals surface area contributed by atoms with Crippen molar-refractivity contribution in [2.75, 3.05) is 13.2 Å². The van der Waals surface area contributed by atoms with E-state index in [9.17, 15) is 9.59 Å². The maximum absolute atomic E-state index is 12.8. The smallest absolute Gasteiger partial charge is 0.293 e. The van der Waals surface area contributed by atoms with E-state index in [0.717, 1.165) is 17.3 Å². The molecular formula is C23H23Cl2NO4S. The van der Waals surface area contributed by atoms with E-state index in [1.54, 1.807) is 24.3 Å². The van der Waals surface area contributed by atoms with Crippen LogP contribution in [0.5, 0.6) is 11.5 Å². The van der Waals surface area contributed by atoms with Gasteiger partial charge in [0, 0.05) is 10.0 Å². The van der Waals surface area contributed by atoms with Gasteiger partial charge in [0.2, 0.25) is 0 Å². The molecule has 0 atom stereocenters. The van der Waals surface area contributed by atoms with E-state index in [1.165, 1.54) is 4.90 Å². The SMILES string of the molecule is CCOc1cc(/C=C2\SC(=O)N(Cc3ccc(Cl)cc3Cl)C2=O)ccc1OCC(C)C. The van der Waals surface area contributed by atoms with Crippen molar-refractivity contribution in [1.29, 1.82) is 0 Å². The van der Waals surface area contributed by atoms with Crippen LogP contribution in [0.15, 0.2) is 41.3 Å². The molecule has 1 aliphatic heterocycles. The topological polar surface area (TPSA) is 55.8 Å². The van der Waals surface area contributed by atoms with E-state index >= 15 is 0 Å². The number of benzene rings is 2. The van der Waals surface area contributed by atoms with E-state index in [4.69, 9.17) is 32.7 Å². The molecule has 0 unspecified atom stereocenters. The van der Waals surface area contributed by atoms with Gasteiger partial charge in [-0.3, -0.25) is 14.5 Å². The van der Waals surface area contributed by atoms with Crippen LogP contribution in [0.3, 0.4) is 0 Å². The number of carbonyl (C=O) groups excluding carboxylic acids is 2. The number of ether oxygens (including phenoxy) is 2. The lowest BCUT2D eigenvalue weighted by Crippen LogP contribution is -2.27. The van der Waals surface area contributed by atoms with Gasteiger partial charge < -0.3 is 9.47 Å². The van der Waals surface area contributed by atoms with Gasteiger partial charge in [0.1, 0.15) is 0 Å². The lowest BCUT2D eigenvalue weighted by Gasteiger charge is -2.14. The molecule has 1 fully saturated rings. The van der Waals surface area contributed by atoms with Crippen molar-refractivity contribution in [2.45, 2.75) is 27.3 Å². The average molecular weight is 480 g/mol. The van der Waals surface area contributed by atoms with Gasteiger partial charge in [0.05, 0.1) is 24.7 Å². The molecule has 2 amide bonds. The van der Waals surface area contributed by atoms with Gasteiger partial charge in [-0.15, -0.1) is 0 Å². The molecule has 8 heteroatoms. The minimum Gasteiger partial charge on any atom is -0.490 e. The van der Waals surface area contributed by atoms with Crippen molar-refractivity contribution in [1.82, 2.24) is 4.90 Å². The summed E-state index contributed by atoms with van der Waals surface area (Å²) in [6.07, 6.45) is 1.68. The Morgan fingerprint density at radius 3 is 2.52 bits per heavy atom. The highest BCUT2D eigenvalue weighted by atomic mass is 35.5. The second kappa shape index (κ2) is 10.4. The maximum Gasteiger partial charge on any atom is 0.293 e. The van der Waals surface area contributed by atoms with Crippen molar-refractivity contribution >= 4 is 52.2 Å². The van der Waals surface area contributed by atoms with Gasteiger partial charge in [-0.2, -0.15) is 0 Å². The van der Waals surface area contributed by atoms with Crippen molar-refractivity contribution in [3.8, 4) is 11.5 Å². The van der Waals surface area contributed by atoms with Crippen LogP contribution in [0.2, 0.25) is 10.0 Å². The zero-order valence-corrected chi connectivity index (χ0v) is 19.8. The Morgan fingerprint density at radius 1 is 1.06 bits per heavy atom. The Labute approximate surface area is 196 Å². The molecule has 5 nitrogen and oxygen atoms in total. The van der Waals surface area contributed by atoms with Gasteiger partial charge in [0.25, 0.3) is 11.1 Å². The fourth-order valence-corrected chi connectivity index (χ4v) is 4.17. The Hall–Kier alpha value is -2.15. The van der Waals surface area contributed by atoms with Gasteiger partial charge >= 0.3 is 0 Å². The minimum absolute atomic E-state index is 0.0875. The molecule has 1 saturated heterocycles. The molecule has 3 rings (SSSR count). The molecule has 164 valence electrons. The summed E-state index contributed by atoms with van der Waals surface area (Å²) in [5.74, 6) is 1.27. The number of thioether (sulfide) groups is 1. The highest BCUT2D eigenvalue weighted by Gasteiger charge is 2.35. The third-order valence-corrected chi connectivity index (χ3v) is 5.85. The first kappa shape index (κ1) is 23.5. The van der Waals surface area contributed by atoms with Crippen LogP contribution in [0, 0.1) is 5.92 Å². The number of rotatable bonds is 8. The van der Waals surface area contributed by atoms with Gasteiger partial charge in [-0.1, -0.05) is 49.2 Å². The quantitative estimate of drug-likeness (QED) is 0.396. The van der Waals surface area contributed by atoms with Crippen molar-refractivity contribution < 1.29 is 19.1 Å². The summed E-state index contributed by atoms with van der Waals surface area (Å²) in [5, 5.41) is 0.562. The first-order valence-electron chi connectivity index (χ1n) is 9.87. The number of halogens is 2. The van der Waals surface area contributed by atoms with Gasteiger partial charge in [0.15, 0.2) is 11.5 Å². The zero-order chi connectivity index (χ0) is 22.5. The van der Waals surface area contributed by atoms with E-state index < -0.39 is 0 Å². The Morgan fingerprint density at radius 2 is 1.84 bits per heavy atom. The summed E-state index contributed by atoms with van der Waals surface area (Å²) in [7, 11) is 0. The predicted octanol–water partition coefficient (Wildman–Crippen LogP) is 6.66. The minimum atomic E-state index is -0.362. The normalized spacial score (nSPS) is 15.3. The molecule has 31 heavy (non-hydrogen) atoms. The second-order valence-electron chi connectivity index (χ2n) is 7.35. The van der Waals surface area contributed by atoms with E-state index in [1.807, 2.05) is 25.1 Å². The van der Waals surface area contributed by atoms with Gasteiger partial charge in [-0.05, 0) is 66.1 Å². The van der Waals surface area contributed by atoms with Crippen LogP contribution in [0.4, 0.5) is 4.79 Å². The maximum atomic E-state index is 12.8. The lowest BCUT2D eigenvalue weighted by molar-refractivity contribution is -0.123. The van der Waals surface area contributed by atoms with Crippen LogP contribution in [-0.2, 0) is 11.3 Å². The molecule has 0 radical (unpaired) electrons. The summed E-state index contributed by atoms with van der Waals surface area (Å²) < 4.78 is 11.5. The zero-order valence-electron chi connectivity index (χ0n) is 17.5. The van der Waals surface area contributed by atoms with Crippen LogP contribution in [-0.4, -0.2) is 29.3 Å². The standard InChI is InChI=1S/C23H23Cl2NO4S/c1-4-29-20-9-15(5-8-19(20)30-13-14(2)3)10-21-22(27)26(23(28)31-21)12-16-6-7-17(24)11-18(16)25/h5-11,14H,4,12-13H2,1-3H3/b21-10-. The number of nitrogens with zero attached hydrogens (tertiary/aromatic N) is 1. The molecule has 1 heterocycles. The summed E-state index contributed by atoms with van der Waals surface area (Å²) in [4.78, 5) is 26.8. The largest absolute Gasteiger partial charge is 0.490 e. The summed E-state index contributed by atoms with van der Waals surface area (Å²) in [5.41, 5.74) is 1.40. The molecule has 2 aromatic carbocycles. The Balaban J connectivity index is 1.80. The van der Waals surface area contributed by atoms with Crippen LogP contribution >= 0.6 is 35.0 Å². The number of amides is 2. The molecule has 1 aliphatic rings. The van der Waals surface area contributed by atoms with Crippen molar-refractivity contribution in [3.63, 3.8) is 0 Å². The Bertz CT molecular complexity index is 1020. The third-order valence-electron chi connectivity index (χ3n) is 4.35. The average Bonchev–Trinajstić information content (AvgIpc) is 2.96. The summed E-state index contributed by atoms with van der Waals surface area (Å²) in [6.45, 7) is 7.19. The lowest BCUT2D eigenvalue weighted by atomic mass is 10.1. The summed E-state index contributed by atoms with van der Waals surface area (Å²) >= 11 is 13.0. The number of imide groups is 1. The van der Waals surface area contributed by atoms with E-state index in [0.29, 0.717) is 51.1 Å². The first-order valence-corrected chi connectivity index (χ1v) is 11.4. The molecule has 2 aromatic rings. The van der Waals surface area contributed by atoms with Crippen LogP contribution < -0.4 is 9.47 Å². The van der Waals surface area contributed by atoms with Crippen LogP contribution in [0.25, 0.3) is 6.08 Å². The van der Waals surface area contributed by atoms with Crippen molar-refractivity contribution in [2.24, 2.45) is 5.92 Å². The predicted molar refractivity (Wildman–Crippen MR) is 126 cm³/mol. The molecule has 0 N–H and O–H groups in total.